The minimum absolute atomic E-state index is 0.0724. The van der Waals surface area contributed by atoms with Crippen molar-refractivity contribution in [1.29, 1.82) is 0 Å². The second kappa shape index (κ2) is 6.55. The Labute approximate surface area is 125 Å². The number of benzene rings is 1. The van der Waals surface area contributed by atoms with Gasteiger partial charge in [0.2, 0.25) is 0 Å². The molecule has 0 saturated carbocycles. The average Bonchev–Trinajstić information content (AvgIpc) is 2.49. The van der Waals surface area contributed by atoms with Crippen molar-refractivity contribution in [3.63, 3.8) is 0 Å². The largest absolute Gasteiger partial charge is 0.394 e. The van der Waals surface area contributed by atoms with Crippen LogP contribution in [0.15, 0.2) is 18.2 Å². The van der Waals surface area contributed by atoms with Crippen LogP contribution in [0.1, 0.15) is 5.56 Å². The number of hydrogen-bond donors (Lipinski definition) is 5. The molecule has 1 saturated heterocycles. The maximum atomic E-state index is 10.7. The number of nitrogens with zero attached hydrogens (tertiary/aromatic N) is 1. The first-order valence-electron chi connectivity index (χ1n) is 6.67. The molecule has 0 aromatic heterocycles. The van der Waals surface area contributed by atoms with E-state index in [-0.39, 0.29) is 5.69 Å². The second-order valence-electron chi connectivity index (χ2n) is 5.15. The molecule has 1 aliphatic heterocycles. The zero-order valence-electron chi connectivity index (χ0n) is 11.8. The predicted octanol–water partition coefficient (Wildman–Crippen LogP) is -0.885. The molecule has 5 atom stereocenters. The monoisotopic (exact) mass is 314 g/mol. The Kier molecular flexibility index (Phi) is 4.94. The quantitative estimate of drug-likeness (QED) is 0.355. The van der Waals surface area contributed by atoms with Crippen LogP contribution >= 0.6 is 0 Å². The maximum absolute atomic E-state index is 10.7. The van der Waals surface area contributed by atoms with Gasteiger partial charge in [0.25, 0.3) is 5.69 Å². The van der Waals surface area contributed by atoms with Gasteiger partial charge in [-0.05, 0) is 18.6 Å². The normalized spacial score (nSPS) is 31.8. The average molecular weight is 314 g/mol. The topological polar surface area (TPSA) is 145 Å². The Hall–Kier alpha value is -1.78. The summed E-state index contributed by atoms with van der Waals surface area (Å²) in [6, 6.07) is 4.10. The van der Waals surface area contributed by atoms with Crippen LogP contribution in [0.25, 0.3) is 0 Å². The molecule has 1 aromatic carbocycles. The van der Waals surface area contributed by atoms with Crippen molar-refractivity contribution in [3.8, 4) is 0 Å². The Morgan fingerprint density at radius 2 is 1.95 bits per heavy atom. The van der Waals surface area contributed by atoms with Gasteiger partial charge >= 0.3 is 0 Å². The molecule has 2 rings (SSSR count). The molecule has 1 fully saturated rings. The standard InChI is InChI=1S/C13H18N2O7/c1-6-4-7(15(20)21)2-3-8(6)14-13-12(19)11(18)10(17)9(5-16)22-13/h2-4,9-14,16-19H,5H2,1H3/t9-,10-,11+,12+,13+/m1/s1. The fraction of sp³-hybridized carbons (Fsp3) is 0.538. The molecule has 0 amide bonds. The molecule has 9 nitrogen and oxygen atoms in total. The lowest BCUT2D eigenvalue weighted by atomic mass is 9.98. The molecule has 1 aliphatic rings. The molecular formula is C13H18N2O7. The van der Waals surface area contributed by atoms with E-state index in [1.165, 1.54) is 18.2 Å². The van der Waals surface area contributed by atoms with Gasteiger partial charge in [0.1, 0.15) is 24.4 Å². The first kappa shape index (κ1) is 16.6. The summed E-state index contributed by atoms with van der Waals surface area (Å²) in [6.07, 6.45) is -6.44. The van der Waals surface area contributed by atoms with Crippen molar-refractivity contribution in [2.75, 3.05) is 11.9 Å². The van der Waals surface area contributed by atoms with Crippen LogP contribution in [0.2, 0.25) is 0 Å². The second-order valence-corrected chi connectivity index (χ2v) is 5.15. The molecular weight excluding hydrogens is 296 g/mol. The number of hydrogen-bond acceptors (Lipinski definition) is 8. The third-order valence-corrected chi connectivity index (χ3v) is 3.61. The molecule has 1 heterocycles. The van der Waals surface area contributed by atoms with E-state index in [4.69, 9.17) is 9.84 Å². The molecule has 1 aromatic rings. The van der Waals surface area contributed by atoms with Gasteiger partial charge in [-0.1, -0.05) is 0 Å². The third-order valence-electron chi connectivity index (χ3n) is 3.61. The minimum atomic E-state index is -1.48. The number of rotatable bonds is 4. The Bertz CT molecular complexity index is 551. The SMILES string of the molecule is Cc1cc([N+](=O)[O-])ccc1N[C@H]1O[C@H](CO)[C@@H](O)[C@H](O)[C@@H]1O. The van der Waals surface area contributed by atoms with E-state index in [0.29, 0.717) is 11.3 Å². The number of aryl methyl sites for hydroxylation is 1. The highest BCUT2D eigenvalue weighted by Gasteiger charge is 2.43. The highest BCUT2D eigenvalue weighted by Crippen LogP contribution is 2.26. The van der Waals surface area contributed by atoms with Gasteiger partial charge in [-0.2, -0.15) is 0 Å². The molecule has 0 unspecified atom stereocenters. The van der Waals surface area contributed by atoms with E-state index in [1.807, 2.05) is 0 Å². The zero-order valence-corrected chi connectivity index (χ0v) is 11.8. The van der Waals surface area contributed by atoms with Crippen molar-refractivity contribution in [1.82, 2.24) is 0 Å². The fourth-order valence-electron chi connectivity index (χ4n) is 2.30. The Morgan fingerprint density at radius 1 is 1.27 bits per heavy atom. The van der Waals surface area contributed by atoms with Crippen molar-refractivity contribution in [3.05, 3.63) is 33.9 Å². The van der Waals surface area contributed by atoms with Crippen LogP contribution in [0.5, 0.6) is 0 Å². The summed E-state index contributed by atoms with van der Waals surface area (Å²) in [6.45, 7) is 1.11. The maximum Gasteiger partial charge on any atom is 0.269 e. The van der Waals surface area contributed by atoms with Crippen LogP contribution in [-0.2, 0) is 4.74 Å². The Morgan fingerprint density at radius 3 is 2.50 bits per heavy atom. The smallest absolute Gasteiger partial charge is 0.269 e. The molecule has 0 bridgehead atoms. The van der Waals surface area contributed by atoms with Crippen molar-refractivity contribution < 1.29 is 30.1 Å². The molecule has 9 heteroatoms. The van der Waals surface area contributed by atoms with Crippen molar-refractivity contribution in [2.45, 2.75) is 37.6 Å². The minimum Gasteiger partial charge on any atom is -0.394 e. The van der Waals surface area contributed by atoms with Gasteiger partial charge in [0, 0.05) is 17.8 Å². The molecule has 0 spiro atoms. The number of ether oxygens (including phenoxy) is 1. The highest BCUT2D eigenvalue weighted by molar-refractivity contribution is 5.55. The van der Waals surface area contributed by atoms with Crippen LogP contribution in [0.3, 0.4) is 0 Å². The summed E-state index contributed by atoms with van der Waals surface area (Å²) < 4.78 is 5.31. The number of nitrogens with one attached hydrogen (secondary N) is 1. The summed E-state index contributed by atoms with van der Waals surface area (Å²) in [5.74, 6) is 0. The molecule has 122 valence electrons. The number of nitro groups is 1. The van der Waals surface area contributed by atoms with Gasteiger partial charge in [-0.15, -0.1) is 0 Å². The summed E-state index contributed by atoms with van der Waals surface area (Å²) in [7, 11) is 0. The van der Waals surface area contributed by atoms with Crippen molar-refractivity contribution >= 4 is 11.4 Å². The van der Waals surface area contributed by atoms with Crippen LogP contribution in [-0.4, -0.2) is 62.6 Å². The number of aliphatic hydroxyl groups is 4. The Balaban J connectivity index is 2.17. The summed E-state index contributed by atoms with van der Waals surface area (Å²) in [5.41, 5.74) is 0.943. The van der Waals surface area contributed by atoms with Crippen LogP contribution in [0, 0.1) is 17.0 Å². The first-order valence-corrected chi connectivity index (χ1v) is 6.67. The van der Waals surface area contributed by atoms with Gasteiger partial charge in [-0.25, -0.2) is 0 Å². The molecule has 0 aliphatic carbocycles. The van der Waals surface area contributed by atoms with E-state index in [0.717, 1.165) is 0 Å². The molecule has 22 heavy (non-hydrogen) atoms. The van der Waals surface area contributed by atoms with Crippen molar-refractivity contribution in [2.24, 2.45) is 0 Å². The highest BCUT2D eigenvalue weighted by atomic mass is 16.6. The van der Waals surface area contributed by atoms with Gasteiger partial charge in [0.15, 0.2) is 6.23 Å². The summed E-state index contributed by atoms with van der Waals surface area (Å²) in [5, 5.41) is 52.0. The predicted molar refractivity (Wildman–Crippen MR) is 75.2 cm³/mol. The number of non-ortho nitro benzene ring substituents is 1. The van der Waals surface area contributed by atoms with Gasteiger partial charge in [0.05, 0.1) is 11.5 Å². The lowest BCUT2D eigenvalue weighted by Gasteiger charge is -2.40. The van der Waals surface area contributed by atoms with E-state index in [1.54, 1.807) is 6.92 Å². The number of aliphatic hydroxyl groups excluding tert-OH is 4. The van der Waals surface area contributed by atoms with Gasteiger partial charge < -0.3 is 30.5 Å². The van der Waals surface area contributed by atoms with E-state index in [2.05, 4.69) is 5.32 Å². The number of anilines is 1. The lowest BCUT2D eigenvalue weighted by molar-refractivity contribution is -0.384. The van der Waals surface area contributed by atoms with Crippen LogP contribution in [0.4, 0.5) is 11.4 Å². The van der Waals surface area contributed by atoms with E-state index < -0.39 is 42.2 Å². The third kappa shape index (κ3) is 3.18. The van der Waals surface area contributed by atoms with Crippen LogP contribution < -0.4 is 5.32 Å². The van der Waals surface area contributed by atoms with E-state index >= 15 is 0 Å². The summed E-state index contributed by atoms with van der Waals surface area (Å²) >= 11 is 0. The summed E-state index contributed by atoms with van der Waals surface area (Å²) in [4.78, 5) is 10.2. The van der Waals surface area contributed by atoms with E-state index in [9.17, 15) is 25.4 Å². The zero-order chi connectivity index (χ0) is 16.4. The molecule has 0 radical (unpaired) electrons. The lowest BCUT2D eigenvalue weighted by Crippen LogP contribution is -2.60. The fourth-order valence-corrected chi connectivity index (χ4v) is 2.30. The van der Waals surface area contributed by atoms with Gasteiger partial charge in [-0.3, -0.25) is 10.1 Å². The first-order chi connectivity index (χ1) is 10.3. The molecule has 5 N–H and O–H groups in total. The number of nitro benzene ring substituents is 1.